The standard InChI is InChI=1S/C22H26O4/c1-7-11-13-18(5)20(23)25-16-22(10-4,15-9-3)17-26-21(24)19(6)14-12-8-2/h1-2,9-10,15-17H2,3-6H3. The Balaban J connectivity index is 5.22. The van der Waals surface area contributed by atoms with E-state index in [4.69, 9.17) is 9.47 Å². The van der Waals surface area contributed by atoms with Crippen LogP contribution in [0, 0.1) is 5.41 Å². The summed E-state index contributed by atoms with van der Waals surface area (Å²) in [5.74, 6) is -0.994. The van der Waals surface area contributed by atoms with E-state index in [0.29, 0.717) is 6.42 Å². The minimum Gasteiger partial charge on any atom is -0.461 e. The van der Waals surface area contributed by atoms with Crippen LogP contribution in [0.4, 0.5) is 0 Å². The summed E-state index contributed by atoms with van der Waals surface area (Å²) >= 11 is 0. The first-order chi connectivity index (χ1) is 12.4. The molecule has 138 valence electrons. The molecule has 0 amide bonds. The van der Waals surface area contributed by atoms with Crippen LogP contribution < -0.4 is 0 Å². The third-order valence-electron chi connectivity index (χ3n) is 3.84. The molecule has 0 unspecified atom stereocenters. The molecule has 4 nitrogen and oxygen atoms in total. The lowest BCUT2D eigenvalue weighted by Gasteiger charge is -2.31. The molecule has 26 heavy (non-hydrogen) atoms. The smallest absolute Gasteiger partial charge is 0.342 e. The summed E-state index contributed by atoms with van der Waals surface area (Å²) in [4.78, 5) is 24.1. The van der Waals surface area contributed by atoms with Crippen LogP contribution in [-0.2, 0) is 19.1 Å². The maximum atomic E-state index is 12.0. The maximum Gasteiger partial charge on any atom is 0.342 e. The number of hydrogen-bond acceptors (Lipinski definition) is 4. The van der Waals surface area contributed by atoms with Crippen LogP contribution in [0.3, 0.4) is 0 Å². The van der Waals surface area contributed by atoms with Crippen LogP contribution >= 0.6 is 0 Å². The van der Waals surface area contributed by atoms with Crippen LogP contribution in [0.5, 0.6) is 0 Å². The third-order valence-corrected chi connectivity index (χ3v) is 3.84. The second-order valence-electron chi connectivity index (χ2n) is 5.86. The average molecular weight is 354 g/mol. The number of rotatable bonds is 9. The van der Waals surface area contributed by atoms with Crippen molar-refractivity contribution in [2.75, 3.05) is 13.2 Å². The van der Waals surface area contributed by atoms with E-state index in [0.717, 1.165) is 12.8 Å². The van der Waals surface area contributed by atoms with Gasteiger partial charge in [-0.3, -0.25) is 0 Å². The SMILES string of the molecule is C=C=C=C=C(C)C(=O)OCC(CC)(CCC)COC(=O)C(C)=C=C=C=C. The Morgan fingerprint density at radius 3 is 1.62 bits per heavy atom. The second-order valence-corrected chi connectivity index (χ2v) is 5.86. The maximum absolute atomic E-state index is 12.0. The molecule has 0 aromatic rings. The van der Waals surface area contributed by atoms with Gasteiger partial charge in [-0.25, -0.2) is 9.59 Å². The van der Waals surface area contributed by atoms with E-state index >= 15 is 0 Å². The summed E-state index contributed by atoms with van der Waals surface area (Å²) in [7, 11) is 0. The Kier molecular flexibility index (Phi) is 11.1. The van der Waals surface area contributed by atoms with Crippen molar-refractivity contribution >= 4 is 11.9 Å². The van der Waals surface area contributed by atoms with E-state index in [1.165, 1.54) is 0 Å². The van der Waals surface area contributed by atoms with E-state index in [1.54, 1.807) is 13.8 Å². The number of hydrogen-bond donors (Lipinski definition) is 0. The lowest BCUT2D eigenvalue weighted by atomic mass is 9.82. The molecule has 0 aliphatic carbocycles. The molecule has 0 heterocycles. The molecule has 0 aliphatic heterocycles. The summed E-state index contributed by atoms with van der Waals surface area (Å²) in [5.41, 5.74) is 15.1. The Morgan fingerprint density at radius 2 is 1.31 bits per heavy atom. The molecule has 0 aliphatic rings. The number of esters is 2. The third kappa shape index (κ3) is 8.27. The molecular weight excluding hydrogens is 328 g/mol. The van der Waals surface area contributed by atoms with E-state index < -0.39 is 17.4 Å². The van der Waals surface area contributed by atoms with Crippen LogP contribution in [0.15, 0.2) is 58.7 Å². The van der Waals surface area contributed by atoms with Gasteiger partial charge in [0.25, 0.3) is 0 Å². The van der Waals surface area contributed by atoms with Gasteiger partial charge < -0.3 is 9.47 Å². The molecule has 0 fully saturated rings. The lowest BCUT2D eigenvalue weighted by molar-refractivity contribution is -0.150. The Morgan fingerprint density at radius 1 is 0.885 bits per heavy atom. The molecule has 0 N–H and O–H groups in total. The molecule has 0 saturated carbocycles. The monoisotopic (exact) mass is 354 g/mol. The van der Waals surface area contributed by atoms with Crippen molar-refractivity contribution in [3.63, 3.8) is 0 Å². The van der Waals surface area contributed by atoms with Gasteiger partial charge in [-0.15, -0.1) is 0 Å². The fourth-order valence-corrected chi connectivity index (χ4v) is 2.13. The summed E-state index contributed by atoms with van der Waals surface area (Å²) in [6.07, 6.45) is 2.31. The highest BCUT2D eigenvalue weighted by atomic mass is 16.5. The van der Waals surface area contributed by atoms with Gasteiger partial charge in [-0.2, -0.15) is 0 Å². The first kappa shape index (κ1) is 23.1. The van der Waals surface area contributed by atoms with Crippen LogP contribution in [0.2, 0.25) is 0 Å². The summed E-state index contributed by atoms with van der Waals surface area (Å²) in [6, 6.07) is 0. The molecule has 0 radical (unpaired) electrons. The van der Waals surface area contributed by atoms with Crippen molar-refractivity contribution < 1.29 is 19.1 Å². The Bertz CT molecular complexity index is 703. The number of carbonyl (C=O) groups excluding carboxylic acids is 2. The van der Waals surface area contributed by atoms with Crippen LogP contribution in [-0.4, -0.2) is 25.2 Å². The average Bonchev–Trinajstić information content (AvgIpc) is 2.65. The molecular formula is C22H26O4. The first-order valence-corrected chi connectivity index (χ1v) is 8.43. The Labute approximate surface area is 155 Å². The van der Waals surface area contributed by atoms with Gasteiger partial charge in [0.15, 0.2) is 0 Å². The Hall–Kier alpha value is -2.90. The number of carbonyl (C=O) groups is 2. The summed E-state index contributed by atoms with van der Waals surface area (Å²) in [6.45, 7) is 14.2. The van der Waals surface area contributed by atoms with Gasteiger partial charge in [0.05, 0.1) is 11.1 Å². The molecule has 0 bridgehead atoms. The molecule has 0 rings (SSSR count). The van der Waals surface area contributed by atoms with E-state index in [2.05, 4.69) is 47.5 Å². The van der Waals surface area contributed by atoms with Crippen LogP contribution in [0.25, 0.3) is 0 Å². The predicted molar refractivity (Wildman–Crippen MR) is 100 cm³/mol. The van der Waals surface area contributed by atoms with Crippen LogP contribution in [0.1, 0.15) is 47.0 Å². The molecule has 4 heteroatoms. The fourth-order valence-electron chi connectivity index (χ4n) is 2.13. The highest BCUT2D eigenvalue weighted by Crippen LogP contribution is 2.30. The first-order valence-electron chi connectivity index (χ1n) is 8.43. The molecule has 0 saturated heterocycles. The van der Waals surface area contributed by atoms with E-state index in [9.17, 15) is 9.59 Å². The van der Waals surface area contributed by atoms with Gasteiger partial charge >= 0.3 is 11.9 Å². The van der Waals surface area contributed by atoms with Gasteiger partial charge in [0.1, 0.15) is 13.2 Å². The zero-order chi connectivity index (χ0) is 20.0. The highest BCUT2D eigenvalue weighted by Gasteiger charge is 2.31. The van der Waals surface area contributed by atoms with Gasteiger partial charge in [0.2, 0.25) is 0 Å². The minimum atomic E-state index is -0.497. The number of ether oxygens (including phenoxy) is 2. The summed E-state index contributed by atoms with van der Waals surface area (Å²) in [5, 5.41) is 0. The molecule has 0 spiro atoms. The van der Waals surface area contributed by atoms with E-state index in [1.807, 2.05) is 13.8 Å². The van der Waals surface area contributed by atoms with Crippen molar-refractivity contribution in [1.82, 2.24) is 0 Å². The van der Waals surface area contributed by atoms with Crippen molar-refractivity contribution in [3.8, 4) is 0 Å². The highest BCUT2D eigenvalue weighted by molar-refractivity contribution is 5.88. The topological polar surface area (TPSA) is 52.6 Å². The largest absolute Gasteiger partial charge is 0.461 e. The van der Waals surface area contributed by atoms with Crippen molar-refractivity contribution in [2.45, 2.75) is 47.0 Å². The summed E-state index contributed by atoms with van der Waals surface area (Å²) < 4.78 is 10.8. The lowest BCUT2D eigenvalue weighted by Crippen LogP contribution is -2.34. The molecule has 0 atom stereocenters. The zero-order valence-electron chi connectivity index (χ0n) is 16.1. The van der Waals surface area contributed by atoms with Crippen molar-refractivity contribution in [1.29, 1.82) is 0 Å². The van der Waals surface area contributed by atoms with E-state index in [-0.39, 0.29) is 24.4 Å². The van der Waals surface area contributed by atoms with Crippen molar-refractivity contribution in [3.05, 3.63) is 58.7 Å². The van der Waals surface area contributed by atoms with Gasteiger partial charge in [-0.05, 0) is 51.3 Å². The molecule has 0 aromatic heterocycles. The van der Waals surface area contributed by atoms with Gasteiger partial charge in [0, 0.05) is 5.41 Å². The van der Waals surface area contributed by atoms with Crippen molar-refractivity contribution in [2.24, 2.45) is 5.41 Å². The normalized spacial score (nSPS) is 11.1. The van der Waals surface area contributed by atoms with Gasteiger partial charge in [-0.1, -0.05) is 43.2 Å². The molecule has 0 aromatic carbocycles. The quantitative estimate of drug-likeness (QED) is 0.351. The second kappa shape index (κ2) is 12.5. The minimum absolute atomic E-state index is 0.144. The fraction of sp³-hybridized carbons (Fsp3) is 0.455. The zero-order valence-corrected chi connectivity index (χ0v) is 16.1. The predicted octanol–water partition coefficient (Wildman–Crippen LogP) is 4.35.